The minimum Gasteiger partial charge on any atom is -0.457 e. The van der Waals surface area contributed by atoms with Gasteiger partial charge in [-0.1, -0.05) is 18.2 Å². The second-order valence-electron chi connectivity index (χ2n) is 6.82. The third-order valence-corrected chi connectivity index (χ3v) is 4.93. The first-order chi connectivity index (χ1) is 14.0. The Kier molecular flexibility index (Phi) is 4.82. The van der Waals surface area contributed by atoms with Crippen LogP contribution in [-0.4, -0.2) is 27.6 Å². The van der Waals surface area contributed by atoms with Crippen LogP contribution in [0.3, 0.4) is 0 Å². The van der Waals surface area contributed by atoms with Gasteiger partial charge in [-0.2, -0.15) is 0 Å². The van der Waals surface area contributed by atoms with Crippen molar-refractivity contribution < 1.29 is 14.3 Å². The first-order valence-corrected chi connectivity index (χ1v) is 9.21. The van der Waals surface area contributed by atoms with Crippen molar-refractivity contribution in [2.75, 3.05) is 7.11 Å². The van der Waals surface area contributed by atoms with Gasteiger partial charge in [-0.25, -0.2) is 4.98 Å². The van der Waals surface area contributed by atoms with Gasteiger partial charge in [0.05, 0.1) is 11.0 Å². The Morgan fingerprint density at radius 2 is 1.90 bits per heavy atom. The highest BCUT2D eigenvalue weighted by atomic mass is 16.5. The fourth-order valence-corrected chi connectivity index (χ4v) is 3.65. The van der Waals surface area contributed by atoms with Gasteiger partial charge in [0.2, 0.25) is 0 Å². The minimum absolute atomic E-state index is 0.236. The van der Waals surface area contributed by atoms with Crippen LogP contribution in [0.15, 0.2) is 48.5 Å². The molecule has 0 aliphatic rings. The van der Waals surface area contributed by atoms with E-state index in [-0.39, 0.29) is 6.73 Å². The van der Waals surface area contributed by atoms with E-state index >= 15 is 0 Å². The molecule has 148 valence electrons. The summed E-state index contributed by atoms with van der Waals surface area (Å²) in [5.74, 6) is 1.65. The number of nitrogens with one attached hydrogen (secondary N) is 1. The summed E-state index contributed by atoms with van der Waals surface area (Å²) in [5.41, 5.74) is 10.2. The molecule has 2 aromatic carbocycles. The summed E-state index contributed by atoms with van der Waals surface area (Å²) in [4.78, 5) is 20.1. The molecule has 29 heavy (non-hydrogen) atoms. The number of carbonyl (C=O) groups is 1. The van der Waals surface area contributed by atoms with Crippen LogP contribution < -0.4 is 10.5 Å². The molecular weight excluding hydrogens is 368 g/mol. The smallest absolute Gasteiger partial charge is 0.265 e. The number of aromatic amines is 1. The summed E-state index contributed by atoms with van der Waals surface area (Å²) < 4.78 is 12.9. The maximum absolute atomic E-state index is 12.0. The predicted octanol–water partition coefficient (Wildman–Crippen LogP) is 4.14. The summed E-state index contributed by atoms with van der Waals surface area (Å²) in [6, 6.07) is 15.3. The summed E-state index contributed by atoms with van der Waals surface area (Å²) in [7, 11) is 1.58. The lowest BCUT2D eigenvalue weighted by atomic mass is 10.1. The number of methoxy groups -OCH3 is 1. The van der Waals surface area contributed by atoms with Gasteiger partial charge in [0.1, 0.15) is 29.7 Å². The molecule has 7 heteroatoms. The normalized spacial score (nSPS) is 11.1. The fourth-order valence-electron chi connectivity index (χ4n) is 3.65. The molecule has 3 N–H and O–H groups in total. The fraction of sp³-hybridized carbons (Fsp3) is 0.182. The van der Waals surface area contributed by atoms with E-state index in [1.54, 1.807) is 11.7 Å². The average Bonchev–Trinajstić information content (AvgIpc) is 3.21. The minimum atomic E-state index is -0.497. The molecule has 0 spiro atoms. The molecule has 0 saturated carbocycles. The van der Waals surface area contributed by atoms with Crippen LogP contribution in [-0.2, 0) is 11.5 Å². The number of nitrogens with two attached hydrogens (primary N) is 1. The number of amides is 1. The Hall–Kier alpha value is -3.58. The lowest BCUT2D eigenvalue weighted by Gasteiger charge is -2.08. The molecular formula is C22H22N4O3. The number of rotatable bonds is 6. The molecule has 2 heterocycles. The van der Waals surface area contributed by atoms with E-state index < -0.39 is 5.91 Å². The van der Waals surface area contributed by atoms with Gasteiger partial charge >= 0.3 is 0 Å². The summed E-state index contributed by atoms with van der Waals surface area (Å²) in [6.45, 7) is 4.02. The molecule has 4 aromatic rings. The Labute approximate surface area is 168 Å². The average molecular weight is 390 g/mol. The van der Waals surface area contributed by atoms with Crippen LogP contribution in [0.5, 0.6) is 11.5 Å². The highest BCUT2D eigenvalue weighted by Gasteiger charge is 2.23. The number of hydrogen-bond acceptors (Lipinski definition) is 4. The molecule has 1 amide bonds. The number of ether oxygens (including phenoxy) is 2. The van der Waals surface area contributed by atoms with E-state index in [0.29, 0.717) is 17.3 Å². The lowest BCUT2D eigenvalue weighted by Crippen LogP contribution is -2.19. The molecule has 0 radical (unpaired) electrons. The number of imidazole rings is 1. The van der Waals surface area contributed by atoms with Crippen molar-refractivity contribution >= 4 is 16.9 Å². The van der Waals surface area contributed by atoms with Crippen molar-refractivity contribution in [3.05, 3.63) is 65.5 Å². The number of nitrogens with zero attached hydrogens (tertiary/aromatic N) is 2. The first-order valence-electron chi connectivity index (χ1n) is 9.21. The molecule has 0 aliphatic heterocycles. The highest BCUT2D eigenvalue weighted by molar-refractivity contribution is 5.96. The number of hydrogen-bond donors (Lipinski definition) is 2. The van der Waals surface area contributed by atoms with Gasteiger partial charge in [0.15, 0.2) is 0 Å². The molecule has 4 rings (SSSR count). The lowest BCUT2D eigenvalue weighted by molar-refractivity contribution is 0.0953. The van der Waals surface area contributed by atoms with E-state index in [9.17, 15) is 4.79 Å². The maximum atomic E-state index is 12.0. The zero-order valence-electron chi connectivity index (χ0n) is 16.5. The van der Waals surface area contributed by atoms with Gasteiger partial charge in [0, 0.05) is 24.4 Å². The van der Waals surface area contributed by atoms with Crippen LogP contribution in [0.25, 0.3) is 22.4 Å². The molecule has 2 aromatic heterocycles. The standard InChI is InChI=1S/C22H22N4O3/c1-13-19(14(2)26(12-28-3)20(13)21(23)27)22-24-17-10-9-16(11-18(17)25-22)29-15-7-5-4-6-8-15/h4-11H,12H2,1-3H3,(H2,23,27)(H,24,25). The molecule has 0 unspecified atom stereocenters. The van der Waals surface area contributed by atoms with Crippen LogP contribution in [0.4, 0.5) is 0 Å². The quantitative estimate of drug-likeness (QED) is 0.517. The Morgan fingerprint density at radius 1 is 1.14 bits per heavy atom. The number of benzene rings is 2. The monoisotopic (exact) mass is 390 g/mol. The van der Waals surface area contributed by atoms with Gasteiger partial charge in [-0.15, -0.1) is 0 Å². The zero-order valence-corrected chi connectivity index (χ0v) is 16.5. The van der Waals surface area contributed by atoms with Gasteiger partial charge < -0.3 is 24.8 Å². The molecule has 0 bridgehead atoms. The predicted molar refractivity (Wildman–Crippen MR) is 111 cm³/mol. The van der Waals surface area contributed by atoms with Crippen molar-refractivity contribution in [1.82, 2.24) is 14.5 Å². The van der Waals surface area contributed by atoms with E-state index in [1.807, 2.05) is 62.4 Å². The van der Waals surface area contributed by atoms with Crippen molar-refractivity contribution in [1.29, 1.82) is 0 Å². The van der Waals surface area contributed by atoms with E-state index in [1.165, 1.54) is 0 Å². The van der Waals surface area contributed by atoms with E-state index in [2.05, 4.69) is 4.98 Å². The van der Waals surface area contributed by atoms with Gasteiger partial charge in [-0.3, -0.25) is 4.79 Å². The Bertz CT molecular complexity index is 1190. The number of aromatic nitrogens is 3. The van der Waals surface area contributed by atoms with Crippen LogP contribution in [0.1, 0.15) is 21.7 Å². The largest absolute Gasteiger partial charge is 0.457 e. The number of fused-ring (bicyclic) bond motifs is 1. The SMILES string of the molecule is COCn1c(C)c(-c2nc3ccc(Oc4ccccc4)cc3[nH]2)c(C)c1C(N)=O. The van der Waals surface area contributed by atoms with Crippen molar-refractivity contribution in [2.24, 2.45) is 5.73 Å². The van der Waals surface area contributed by atoms with E-state index in [4.69, 9.17) is 20.2 Å². The van der Waals surface area contributed by atoms with Gasteiger partial charge in [0.25, 0.3) is 5.91 Å². The topological polar surface area (TPSA) is 95.2 Å². The molecule has 7 nitrogen and oxygen atoms in total. The third-order valence-electron chi connectivity index (χ3n) is 4.93. The molecule has 0 saturated heterocycles. The first kappa shape index (κ1) is 18.8. The second-order valence-corrected chi connectivity index (χ2v) is 6.82. The number of carbonyl (C=O) groups excluding carboxylic acids is 1. The summed E-state index contributed by atoms with van der Waals surface area (Å²) in [6.07, 6.45) is 0. The maximum Gasteiger partial charge on any atom is 0.265 e. The van der Waals surface area contributed by atoms with Crippen LogP contribution >= 0.6 is 0 Å². The zero-order chi connectivity index (χ0) is 20.5. The number of H-pyrrole nitrogens is 1. The third kappa shape index (κ3) is 3.36. The number of primary amides is 1. The Morgan fingerprint density at radius 3 is 2.59 bits per heavy atom. The second kappa shape index (κ2) is 7.44. The highest BCUT2D eigenvalue weighted by Crippen LogP contribution is 2.33. The Balaban J connectivity index is 1.77. The van der Waals surface area contributed by atoms with Crippen LogP contribution in [0.2, 0.25) is 0 Å². The van der Waals surface area contributed by atoms with E-state index in [0.717, 1.165) is 33.6 Å². The van der Waals surface area contributed by atoms with Crippen molar-refractivity contribution in [3.63, 3.8) is 0 Å². The molecule has 0 atom stereocenters. The molecule has 0 fully saturated rings. The van der Waals surface area contributed by atoms with Gasteiger partial charge in [-0.05, 0) is 43.7 Å². The summed E-state index contributed by atoms with van der Waals surface area (Å²) in [5, 5.41) is 0. The van der Waals surface area contributed by atoms with Crippen molar-refractivity contribution in [2.45, 2.75) is 20.6 Å². The number of para-hydroxylation sites is 1. The van der Waals surface area contributed by atoms with Crippen molar-refractivity contribution in [3.8, 4) is 22.9 Å². The van der Waals surface area contributed by atoms with Crippen LogP contribution in [0, 0.1) is 13.8 Å². The summed E-state index contributed by atoms with van der Waals surface area (Å²) >= 11 is 0. The molecule has 0 aliphatic carbocycles.